The van der Waals surface area contributed by atoms with Gasteiger partial charge in [0.15, 0.2) is 0 Å². The highest BCUT2D eigenvalue weighted by Gasteiger charge is 2.27. The van der Waals surface area contributed by atoms with Gasteiger partial charge in [-0.15, -0.1) is 0 Å². The van der Waals surface area contributed by atoms with Crippen LogP contribution in [0.3, 0.4) is 0 Å². The number of hydrogen-bond acceptors (Lipinski definition) is 3. The number of rotatable bonds is 7. The molecule has 0 aromatic rings. The first-order valence-electron chi connectivity index (χ1n) is 6.27. The minimum atomic E-state index is -0.851. The van der Waals surface area contributed by atoms with E-state index in [9.17, 15) is 9.59 Å². The Balaban J connectivity index is 2.31. The van der Waals surface area contributed by atoms with Gasteiger partial charge in [0, 0.05) is 32.0 Å². The van der Waals surface area contributed by atoms with Gasteiger partial charge in [0.1, 0.15) is 0 Å². The number of aliphatic hydroxyl groups excluding tert-OH is 1. The number of carbonyl (C=O) groups excluding carboxylic acids is 1. The van der Waals surface area contributed by atoms with Crippen LogP contribution in [-0.2, 0) is 9.59 Å². The molecule has 1 fully saturated rings. The van der Waals surface area contributed by atoms with E-state index < -0.39 is 5.97 Å². The van der Waals surface area contributed by atoms with Crippen molar-refractivity contribution in [3.63, 3.8) is 0 Å². The fourth-order valence-corrected chi connectivity index (χ4v) is 2.33. The summed E-state index contributed by atoms with van der Waals surface area (Å²) in [4.78, 5) is 24.1. The summed E-state index contributed by atoms with van der Waals surface area (Å²) in [5.74, 6) is -0.789. The van der Waals surface area contributed by atoms with Crippen molar-refractivity contribution < 1.29 is 19.8 Å². The molecule has 5 nitrogen and oxygen atoms in total. The van der Waals surface area contributed by atoms with Crippen molar-refractivity contribution in [1.82, 2.24) is 4.90 Å². The fourth-order valence-electron chi connectivity index (χ4n) is 2.33. The summed E-state index contributed by atoms with van der Waals surface area (Å²) in [5.41, 5.74) is 0. The lowest BCUT2D eigenvalue weighted by atomic mass is 10.1. The number of amides is 1. The van der Waals surface area contributed by atoms with Gasteiger partial charge in [0.25, 0.3) is 0 Å². The van der Waals surface area contributed by atoms with Crippen molar-refractivity contribution in [2.24, 2.45) is 0 Å². The van der Waals surface area contributed by atoms with Crippen LogP contribution in [0.25, 0.3) is 0 Å². The minimum Gasteiger partial charge on any atom is -0.481 e. The van der Waals surface area contributed by atoms with Gasteiger partial charge < -0.3 is 15.1 Å². The van der Waals surface area contributed by atoms with Gasteiger partial charge in [-0.05, 0) is 32.1 Å². The van der Waals surface area contributed by atoms with Crippen molar-refractivity contribution in [3.05, 3.63) is 0 Å². The van der Waals surface area contributed by atoms with Crippen molar-refractivity contribution in [2.75, 3.05) is 13.2 Å². The van der Waals surface area contributed by atoms with E-state index in [-0.39, 0.29) is 25.0 Å². The molecule has 1 unspecified atom stereocenters. The molecule has 1 aliphatic heterocycles. The van der Waals surface area contributed by atoms with Crippen LogP contribution >= 0.6 is 0 Å². The topological polar surface area (TPSA) is 77.8 Å². The molecule has 98 valence electrons. The highest BCUT2D eigenvalue weighted by Crippen LogP contribution is 2.22. The molecule has 0 aromatic heterocycles. The first kappa shape index (κ1) is 14.0. The number of aliphatic hydroxyl groups is 1. The maximum atomic E-state index is 11.9. The summed E-state index contributed by atoms with van der Waals surface area (Å²) in [7, 11) is 0. The molecule has 1 heterocycles. The summed E-state index contributed by atoms with van der Waals surface area (Å²) in [6, 6.07) is 0.250. The molecule has 0 radical (unpaired) electrons. The smallest absolute Gasteiger partial charge is 0.303 e. The van der Waals surface area contributed by atoms with Crippen molar-refractivity contribution >= 4 is 11.9 Å². The Morgan fingerprint density at radius 3 is 2.65 bits per heavy atom. The quantitative estimate of drug-likeness (QED) is 0.699. The number of likely N-dealkylation sites (tertiary alicyclic amines) is 1. The predicted octanol–water partition coefficient (Wildman–Crippen LogP) is 1.00. The molecule has 0 spiro atoms. The van der Waals surface area contributed by atoms with Gasteiger partial charge in [0.2, 0.25) is 5.91 Å². The second-order valence-corrected chi connectivity index (χ2v) is 4.50. The van der Waals surface area contributed by atoms with E-state index in [1.165, 1.54) is 0 Å². The second-order valence-electron chi connectivity index (χ2n) is 4.50. The van der Waals surface area contributed by atoms with Gasteiger partial charge in [-0.3, -0.25) is 9.59 Å². The van der Waals surface area contributed by atoms with E-state index in [4.69, 9.17) is 10.2 Å². The third-order valence-corrected chi connectivity index (χ3v) is 3.17. The molecule has 1 saturated heterocycles. The zero-order valence-corrected chi connectivity index (χ0v) is 10.1. The Morgan fingerprint density at radius 1 is 1.24 bits per heavy atom. The SMILES string of the molecule is O=C(O)CCCC(=O)N1CCCC1CCCO. The normalized spacial score (nSPS) is 19.6. The van der Waals surface area contributed by atoms with Crippen molar-refractivity contribution in [3.8, 4) is 0 Å². The summed E-state index contributed by atoms with van der Waals surface area (Å²) in [5, 5.41) is 17.3. The molecular formula is C12H21NO4. The van der Waals surface area contributed by atoms with Gasteiger partial charge in [-0.1, -0.05) is 0 Å². The van der Waals surface area contributed by atoms with Crippen LogP contribution in [0.15, 0.2) is 0 Å². The molecule has 0 saturated carbocycles. The molecule has 1 amide bonds. The number of nitrogens with zero attached hydrogens (tertiary/aromatic N) is 1. The summed E-state index contributed by atoms with van der Waals surface area (Å²) in [6.07, 6.45) is 4.39. The minimum absolute atomic E-state index is 0.0564. The van der Waals surface area contributed by atoms with Crippen LogP contribution in [0, 0.1) is 0 Å². The van der Waals surface area contributed by atoms with Crippen LogP contribution < -0.4 is 0 Å². The third kappa shape index (κ3) is 4.73. The molecule has 1 atom stereocenters. The molecule has 0 aliphatic carbocycles. The maximum Gasteiger partial charge on any atom is 0.303 e. The Morgan fingerprint density at radius 2 is 2.00 bits per heavy atom. The molecule has 1 aliphatic rings. The van der Waals surface area contributed by atoms with Gasteiger partial charge in [-0.2, -0.15) is 0 Å². The average molecular weight is 243 g/mol. The van der Waals surface area contributed by atoms with E-state index in [1.54, 1.807) is 0 Å². The van der Waals surface area contributed by atoms with Crippen LogP contribution in [0.2, 0.25) is 0 Å². The molecule has 1 rings (SSSR count). The number of carboxylic acids is 1. The maximum absolute atomic E-state index is 11.9. The molecular weight excluding hydrogens is 222 g/mol. The van der Waals surface area contributed by atoms with E-state index >= 15 is 0 Å². The monoisotopic (exact) mass is 243 g/mol. The Kier molecular flexibility index (Phi) is 5.97. The van der Waals surface area contributed by atoms with Gasteiger partial charge in [0.05, 0.1) is 0 Å². The van der Waals surface area contributed by atoms with E-state index in [2.05, 4.69) is 0 Å². The zero-order valence-electron chi connectivity index (χ0n) is 10.1. The molecule has 5 heteroatoms. The highest BCUT2D eigenvalue weighted by molar-refractivity contribution is 5.77. The van der Waals surface area contributed by atoms with Crippen LogP contribution in [0.4, 0.5) is 0 Å². The average Bonchev–Trinajstić information content (AvgIpc) is 2.73. The number of hydrogen-bond donors (Lipinski definition) is 2. The van der Waals surface area contributed by atoms with E-state index in [0.29, 0.717) is 12.8 Å². The van der Waals surface area contributed by atoms with Gasteiger partial charge in [-0.25, -0.2) is 0 Å². The van der Waals surface area contributed by atoms with Crippen LogP contribution in [0.5, 0.6) is 0 Å². The second kappa shape index (κ2) is 7.27. The van der Waals surface area contributed by atoms with Gasteiger partial charge >= 0.3 is 5.97 Å². The predicted molar refractivity (Wildman–Crippen MR) is 62.5 cm³/mol. The molecule has 0 bridgehead atoms. The molecule has 17 heavy (non-hydrogen) atoms. The Hall–Kier alpha value is -1.10. The van der Waals surface area contributed by atoms with E-state index in [1.807, 2.05) is 4.90 Å². The summed E-state index contributed by atoms with van der Waals surface area (Å²) < 4.78 is 0. The van der Waals surface area contributed by atoms with Crippen molar-refractivity contribution in [2.45, 2.75) is 51.0 Å². The fraction of sp³-hybridized carbons (Fsp3) is 0.833. The van der Waals surface area contributed by atoms with Crippen LogP contribution in [-0.4, -0.2) is 46.2 Å². The molecule has 0 aromatic carbocycles. The standard InChI is InChI=1S/C12H21NO4/c14-9-3-5-10-4-2-8-13(10)11(15)6-1-7-12(16)17/h10,14H,1-9H2,(H,16,17). The lowest BCUT2D eigenvalue weighted by Crippen LogP contribution is -2.35. The van der Waals surface area contributed by atoms with Crippen LogP contribution in [0.1, 0.15) is 44.9 Å². The Labute approximate surface area is 101 Å². The zero-order chi connectivity index (χ0) is 12.7. The first-order chi connectivity index (χ1) is 8.15. The summed E-state index contributed by atoms with van der Waals surface area (Å²) in [6.45, 7) is 0.944. The molecule has 2 N–H and O–H groups in total. The first-order valence-corrected chi connectivity index (χ1v) is 6.27. The highest BCUT2D eigenvalue weighted by atomic mass is 16.4. The lowest BCUT2D eigenvalue weighted by Gasteiger charge is -2.24. The van der Waals surface area contributed by atoms with E-state index in [0.717, 1.165) is 32.2 Å². The number of aliphatic carboxylic acids is 1. The lowest BCUT2D eigenvalue weighted by molar-refractivity contribution is -0.137. The Bertz CT molecular complexity index is 267. The number of carbonyl (C=O) groups is 2. The third-order valence-electron chi connectivity index (χ3n) is 3.17. The number of carboxylic acid groups (broad SMARTS) is 1. The summed E-state index contributed by atoms with van der Waals surface area (Å²) >= 11 is 0. The largest absolute Gasteiger partial charge is 0.481 e. The van der Waals surface area contributed by atoms with Crippen molar-refractivity contribution in [1.29, 1.82) is 0 Å².